The molecule has 1 aromatic rings. The number of rotatable bonds is 1. The summed E-state index contributed by atoms with van der Waals surface area (Å²) in [5, 5.41) is 0. The van der Waals surface area contributed by atoms with Crippen LogP contribution in [-0.2, 0) is 9.73 Å². The van der Waals surface area contributed by atoms with Gasteiger partial charge in [-0.25, -0.2) is 4.21 Å². The summed E-state index contributed by atoms with van der Waals surface area (Å²) in [6.07, 6.45) is 3.10. The van der Waals surface area contributed by atoms with Crippen molar-refractivity contribution in [1.82, 2.24) is 0 Å². The second-order valence-corrected chi connectivity index (χ2v) is 6.75. The minimum absolute atomic E-state index is 0.344. The van der Waals surface area contributed by atoms with E-state index in [0.29, 0.717) is 21.7 Å². The predicted octanol–water partition coefficient (Wildman–Crippen LogP) is 2.44. The summed E-state index contributed by atoms with van der Waals surface area (Å²) in [4.78, 5) is 11.6. The highest BCUT2D eigenvalue weighted by Crippen LogP contribution is 2.18. The maximum Gasteiger partial charge on any atom is 0.288 e. The molecule has 0 aromatic carbocycles. The average Bonchev–Trinajstić information content (AvgIpc) is 2.75. The lowest BCUT2D eigenvalue weighted by molar-refractivity contribution is 0.100. The molecule has 0 spiro atoms. The van der Waals surface area contributed by atoms with Crippen LogP contribution in [0.25, 0.3) is 0 Å². The summed E-state index contributed by atoms with van der Waals surface area (Å²) in [5.41, 5.74) is 0.344. The van der Waals surface area contributed by atoms with Gasteiger partial charge in [0.1, 0.15) is 6.26 Å². The molecule has 2 heterocycles. The Morgan fingerprint density at radius 3 is 2.67 bits per heavy atom. The molecule has 1 aromatic heterocycles. The van der Waals surface area contributed by atoms with Crippen LogP contribution in [0.15, 0.2) is 25.8 Å². The Morgan fingerprint density at radius 1 is 1.47 bits per heavy atom. The molecular formula is C9H10BrNO3S. The number of hydrogen-bond donors (Lipinski definition) is 0. The van der Waals surface area contributed by atoms with Gasteiger partial charge >= 0.3 is 0 Å². The van der Waals surface area contributed by atoms with E-state index < -0.39 is 15.6 Å². The highest BCUT2D eigenvalue weighted by atomic mass is 79.9. The fourth-order valence-electron chi connectivity index (χ4n) is 1.47. The molecule has 82 valence electrons. The van der Waals surface area contributed by atoms with E-state index in [1.54, 1.807) is 0 Å². The molecule has 0 N–H and O–H groups in total. The SMILES string of the molecule is O=C(N=S1(=O)CCCC1)c1coc(Br)c1. The van der Waals surface area contributed by atoms with Gasteiger partial charge in [-0.15, -0.1) is 0 Å². The molecule has 0 unspecified atom stereocenters. The van der Waals surface area contributed by atoms with E-state index >= 15 is 0 Å². The van der Waals surface area contributed by atoms with Gasteiger partial charge in [0, 0.05) is 17.6 Å². The van der Waals surface area contributed by atoms with Crippen LogP contribution in [0.4, 0.5) is 0 Å². The Balaban J connectivity index is 2.26. The molecule has 4 nitrogen and oxygen atoms in total. The first-order valence-electron chi connectivity index (χ1n) is 4.60. The summed E-state index contributed by atoms with van der Waals surface area (Å²) in [7, 11) is -2.27. The van der Waals surface area contributed by atoms with Gasteiger partial charge in [-0.3, -0.25) is 4.79 Å². The molecule has 15 heavy (non-hydrogen) atoms. The van der Waals surface area contributed by atoms with Gasteiger partial charge in [-0.2, -0.15) is 4.36 Å². The van der Waals surface area contributed by atoms with Crippen molar-refractivity contribution >= 4 is 31.6 Å². The zero-order chi connectivity index (χ0) is 10.9. The van der Waals surface area contributed by atoms with Crippen molar-refractivity contribution in [1.29, 1.82) is 0 Å². The number of nitrogens with zero attached hydrogens (tertiary/aromatic N) is 1. The van der Waals surface area contributed by atoms with Crippen LogP contribution >= 0.6 is 15.9 Å². The fourth-order valence-corrected chi connectivity index (χ4v) is 3.92. The van der Waals surface area contributed by atoms with Crippen molar-refractivity contribution in [2.75, 3.05) is 11.5 Å². The van der Waals surface area contributed by atoms with Crippen molar-refractivity contribution in [3.05, 3.63) is 22.6 Å². The third kappa shape index (κ3) is 2.49. The van der Waals surface area contributed by atoms with Crippen molar-refractivity contribution in [2.45, 2.75) is 12.8 Å². The lowest BCUT2D eigenvalue weighted by Gasteiger charge is -1.96. The van der Waals surface area contributed by atoms with Crippen LogP contribution in [0.2, 0.25) is 0 Å². The molecule has 1 saturated heterocycles. The average molecular weight is 292 g/mol. The zero-order valence-electron chi connectivity index (χ0n) is 7.94. The van der Waals surface area contributed by atoms with Crippen molar-refractivity contribution in [2.24, 2.45) is 4.36 Å². The minimum atomic E-state index is -2.27. The monoisotopic (exact) mass is 291 g/mol. The van der Waals surface area contributed by atoms with E-state index in [2.05, 4.69) is 20.3 Å². The van der Waals surface area contributed by atoms with E-state index in [1.165, 1.54) is 12.3 Å². The van der Waals surface area contributed by atoms with Crippen LogP contribution < -0.4 is 0 Å². The van der Waals surface area contributed by atoms with Gasteiger partial charge in [-0.1, -0.05) is 0 Å². The predicted molar refractivity (Wildman–Crippen MR) is 60.3 cm³/mol. The van der Waals surface area contributed by atoms with Gasteiger partial charge < -0.3 is 4.42 Å². The zero-order valence-corrected chi connectivity index (χ0v) is 10.3. The number of amides is 1. The topological polar surface area (TPSA) is 59.6 Å². The number of furan rings is 1. The Kier molecular flexibility index (Phi) is 2.97. The Hall–Kier alpha value is -0.620. The maximum atomic E-state index is 11.9. The normalized spacial score (nSPS) is 19.0. The molecule has 1 fully saturated rings. The minimum Gasteiger partial charge on any atom is -0.457 e. The van der Waals surface area contributed by atoms with Crippen LogP contribution in [0.3, 0.4) is 0 Å². The first-order valence-corrected chi connectivity index (χ1v) is 7.25. The highest BCUT2D eigenvalue weighted by molar-refractivity contribution is 9.10. The first kappa shape index (κ1) is 10.9. The largest absolute Gasteiger partial charge is 0.457 e. The van der Waals surface area contributed by atoms with E-state index in [9.17, 15) is 9.00 Å². The molecule has 0 radical (unpaired) electrons. The number of hydrogen-bond acceptors (Lipinski definition) is 3. The van der Waals surface area contributed by atoms with Crippen molar-refractivity contribution in [3.8, 4) is 0 Å². The van der Waals surface area contributed by atoms with E-state index in [1.807, 2.05) is 0 Å². The third-order valence-corrected chi connectivity index (χ3v) is 5.01. The third-order valence-electron chi connectivity index (χ3n) is 2.24. The Bertz CT molecular complexity index is 487. The van der Waals surface area contributed by atoms with Gasteiger partial charge in [0.15, 0.2) is 4.67 Å². The van der Waals surface area contributed by atoms with Crippen molar-refractivity contribution in [3.63, 3.8) is 0 Å². The standard InChI is InChI=1S/C9H10BrNO3S/c10-8-5-7(6-14-8)9(12)11-15(13)3-1-2-4-15/h5-6H,1-4H2. The molecule has 0 saturated carbocycles. The van der Waals surface area contributed by atoms with Crippen LogP contribution in [-0.4, -0.2) is 21.6 Å². The van der Waals surface area contributed by atoms with Gasteiger partial charge in [-0.05, 0) is 28.8 Å². The number of carbonyl (C=O) groups excluding carboxylic acids is 1. The van der Waals surface area contributed by atoms with Crippen molar-refractivity contribution < 1.29 is 13.4 Å². The lowest BCUT2D eigenvalue weighted by atomic mass is 10.3. The molecule has 0 atom stereocenters. The summed E-state index contributed by atoms with van der Waals surface area (Å²) < 4.78 is 21.1. The first-order chi connectivity index (χ1) is 7.09. The van der Waals surface area contributed by atoms with E-state index in [4.69, 9.17) is 4.42 Å². The molecular weight excluding hydrogens is 282 g/mol. The molecule has 6 heteroatoms. The summed E-state index contributed by atoms with van der Waals surface area (Å²) in [5.74, 6) is 0.631. The second-order valence-electron chi connectivity index (χ2n) is 3.42. The van der Waals surface area contributed by atoms with E-state index in [0.717, 1.165) is 12.8 Å². The second kappa shape index (κ2) is 4.09. The van der Waals surface area contributed by atoms with Crippen LogP contribution in [0.5, 0.6) is 0 Å². The summed E-state index contributed by atoms with van der Waals surface area (Å²) >= 11 is 3.09. The van der Waals surface area contributed by atoms with Gasteiger partial charge in [0.2, 0.25) is 0 Å². The molecule has 1 aliphatic rings. The molecule has 1 aliphatic heterocycles. The summed E-state index contributed by atoms with van der Waals surface area (Å²) in [6, 6.07) is 1.53. The smallest absolute Gasteiger partial charge is 0.288 e. The molecule has 2 rings (SSSR count). The quantitative estimate of drug-likeness (QED) is 0.798. The van der Waals surface area contributed by atoms with Gasteiger partial charge in [0.25, 0.3) is 5.91 Å². The van der Waals surface area contributed by atoms with Gasteiger partial charge in [0.05, 0.1) is 15.3 Å². The van der Waals surface area contributed by atoms with Crippen LogP contribution in [0, 0.1) is 0 Å². The number of halogens is 1. The molecule has 0 bridgehead atoms. The maximum absolute atomic E-state index is 11.9. The van der Waals surface area contributed by atoms with Crippen LogP contribution in [0.1, 0.15) is 23.2 Å². The number of carbonyl (C=O) groups is 1. The fraction of sp³-hybridized carbons (Fsp3) is 0.444. The summed E-state index contributed by atoms with van der Waals surface area (Å²) in [6.45, 7) is 0. The highest BCUT2D eigenvalue weighted by Gasteiger charge is 2.19. The molecule has 1 amide bonds. The Morgan fingerprint density at radius 2 is 2.13 bits per heavy atom. The molecule has 0 aliphatic carbocycles. The Labute approximate surface area is 96.4 Å². The van der Waals surface area contributed by atoms with E-state index in [-0.39, 0.29) is 0 Å². The lowest BCUT2D eigenvalue weighted by Crippen LogP contribution is -2.05.